The number of rotatable bonds is 2. The minimum Gasteiger partial charge on any atom is -0.321 e. The van der Waals surface area contributed by atoms with Crippen LogP contribution in [0.4, 0.5) is 18.9 Å². The predicted octanol–water partition coefficient (Wildman–Crippen LogP) is 5.37. The number of hydrogen-bond donors (Lipinski definition) is 1. The zero-order valence-electron chi connectivity index (χ0n) is 10.3. The van der Waals surface area contributed by atoms with Crippen LogP contribution in [0.5, 0.6) is 0 Å². The maximum atomic E-state index is 12.8. The van der Waals surface area contributed by atoms with Crippen molar-refractivity contribution in [2.75, 3.05) is 5.32 Å². The zero-order valence-corrected chi connectivity index (χ0v) is 12.7. The van der Waals surface area contributed by atoms with Crippen molar-refractivity contribution in [1.82, 2.24) is 0 Å². The van der Waals surface area contributed by atoms with Gasteiger partial charge >= 0.3 is 6.18 Å². The number of carbonyl (C=O) groups is 1. The number of hydrogen-bond acceptors (Lipinski definition) is 1. The van der Waals surface area contributed by atoms with Crippen LogP contribution in [-0.2, 0) is 6.18 Å². The number of nitrogens with one attached hydrogen (secondary N) is 1. The lowest BCUT2D eigenvalue weighted by Gasteiger charge is -2.13. The summed E-state index contributed by atoms with van der Waals surface area (Å²) in [7, 11) is 0. The fourth-order valence-electron chi connectivity index (χ4n) is 1.67. The van der Waals surface area contributed by atoms with E-state index in [-0.39, 0.29) is 11.3 Å². The molecule has 0 unspecified atom stereocenters. The number of para-hydroxylation sites is 1. The molecule has 0 heterocycles. The van der Waals surface area contributed by atoms with E-state index in [9.17, 15) is 18.0 Å². The van der Waals surface area contributed by atoms with E-state index in [1.807, 2.05) is 0 Å². The lowest BCUT2D eigenvalue weighted by molar-refractivity contribution is -0.136. The topological polar surface area (TPSA) is 29.1 Å². The quantitative estimate of drug-likeness (QED) is 0.747. The van der Waals surface area contributed by atoms with Gasteiger partial charge in [0.05, 0.1) is 16.3 Å². The Morgan fingerprint density at radius 3 is 2.43 bits per heavy atom. The van der Waals surface area contributed by atoms with Gasteiger partial charge in [0.1, 0.15) is 0 Å². The zero-order chi connectivity index (χ0) is 15.6. The first-order valence-electron chi connectivity index (χ1n) is 5.71. The lowest BCUT2D eigenvalue weighted by atomic mass is 10.1. The molecule has 2 aromatic carbocycles. The van der Waals surface area contributed by atoms with Gasteiger partial charge < -0.3 is 5.32 Å². The van der Waals surface area contributed by atoms with Crippen LogP contribution in [0.2, 0.25) is 5.02 Å². The lowest BCUT2D eigenvalue weighted by Crippen LogP contribution is -2.16. The average molecular weight is 379 g/mol. The van der Waals surface area contributed by atoms with Crippen LogP contribution >= 0.6 is 27.5 Å². The Morgan fingerprint density at radius 2 is 1.81 bits per heavy atom. The Morgan fingerprint density at radius 1 is 1.14 bits per heavy atom. The third-order valence-corrected chi connectivity index (χ3v) is 3.88. The van der Waals surface area contributed by atoms with Crippen molar-refractivity contribution in [3.8, 4) is 0 Å². The number of anilines is 1. The highest BCUT2D eigenvalue weighted by Crippen LogP contribution is 2.34. The summed E-state index contributed by atoms with van der Waals surface area (Å²) in [6.07, 6.45) is -4.54. The molecule has 1 N–H and O–H groups in total. The van der Waals surface area contributed by atoms with Gasteiger partial charge in [0, 0.05) is 10.0 Å². The number of alkyl halides is 3. The summed E-state index contributed by atoms with van der Waals surface area (Å²) in [6, 6.07) is 9.14. The molecule has 7 heteroatoms. The van der Waals surface area contributed by atoms with E-state index in [0.29, 0.717) is 9.50 Å². The van der Waals surface area contributed by atoms with E-state index in [1.165, 1.54) is 36.4 Å². The maximum absolute atomic E-state index is 12.8. The van der Waals surface area contributed by atoms with Crippen molar-refractivity contribution in [2.45, 2.75) is 6.18 Å². The van der Waals surface area contributed by atoms with Gasteiger partial charge in [0.15, 0.2) is 0 Å². The first-order valence-corrected chi connectivity index (χ1v) is 6.89. The van der Waals surface area contributed by atoms with Crippen LogP contribution in [-0.4, -0.2) is 5.91 Å². The largest absolute Gasteiger partial charge is 0.418 e. The van der Waals surface area contributed by atoms with Crippen molar-refractivity contribution in [3.63, 3.8) is 0 Å². The molecule has 0 aliphatic heterocycles. The summed E-state index contributed by atoms with van der Waals surface area (Å²) in [6.45, 7) is 0. The molecule has 0 aliphatic carbocycles. The highest BCUT2D eigenvalue weighted by molar-refractivity contribution is 9.10. The third-order valence-electron chi connectivity index (χ3n) is 2.66. The average Bonchev–Trinajstić information content (AvgIpc) is 2.41. The Labute approximate surface area is 132 Å². The molecule has 2 nitrogen and oxygen atoms in total. The molecule has 0 saturated carbocycles. The van der Waals surface area contributed by atoms with Gasteiger partial charge in [0.2, 0.25) is 0 Å². The van der Waals surface area contributed by atoms with Crippen LogP contribution in [0.15, 0.2) is 46.9 Å². The fraction of sp³-hybridized carbons (Fsp3) is 0.0714. The molecule has 0 saturated heterocycles. The van der Waals surface area contributed by atoms with Gasteiger partial charge in [-0.2, -0.15) is 13.2 Å². The number of amides is 1. The highest BCUT2D eigenvalue weighted by atomic mass is 79.9. The predicted molar refractivity (Wildman–Crippen MR) is 78.5 cm³/mol. The van der Waals surface area contributed by atoms with E-state index in [4.69, 9.17) is 11.6 Å². The van der Waals surface area contributed by atoms with Crippen LogP contribution in [0, 0.1) is 0 Å². The van der Waals surface area contributed by atoms with Crippen molar-refractivity contribution in [1.29, 1.82) is 0 Å². The maximum Gasteiger partial charge on any atom is 0.418 e. The van der Waals surface area contributed by atoms with Gasteiger partial charge in [-0.05, 0) is 46.3 Å². The first kappa shape index (κ1) is 15.9. The Balaban J connectivity index is 2.30. The number of benzene rings is 2. The first-order chi connectivity index (χ1) is 9.79. The van der Waals surface area contributed by atoms with Gasteiger partial charge in [-0.3, -0.25) is 4.79 Å². The van der Waals surface area contributed by atoms with E-state index in [0.717, 1.165) is 6.07 Å². The minimum atomic E-state index is -4.54. The summed E-state index contributed by atoms with van der Waals surface area (Å²) in [4.78, 5) is 12.0. The van der Waals surface area contributed by atoms with Gasteiger partial charge in [-0.25, -0.2) is 0 Å². The fourth-order valence-corrected chi connectivity index (χ4v) is 2.17. The third kappa shape index (κ3) is 3.77. The smallest absolute Gasteiger partial charge is 0.321 e. The van der Waals surface area contributed by atoms with E-state index in [2.05, 4.69) is 21.2 Å². The SMILES string of the molecule is O=C(Nc1ccccc1C(F)(F)F)c1ccc(Cl)c(Br)c1. The molecule has 21 heavy (non-hydrogen) atoms. The number of carbonyl (C=O) groups excluding carboxylic acids is 1. The molecular weight excluding hydrogens is 371 g/mol. The summed E-state index contributed by atoms with van der Waals surface area (Å²) < 4.78 is 39.0. The molecule has 110 valence electrons. The van der Waals surface area contributed by atoms with E-state index >= 15 is 0 Å². The molecule has 0 radical (unpaired) electrons. The summed E-state index contributed by atoms with van der Waals surface area (Å²) in [5.74, 6) is -0.649. The van der Waals surface area contributed by atoms with Gasteiger partial charge in [0.25, 0.3) is 5.91 Å². The Kier molecular flexibility index (Phi) is 4.58. The second kappa shape index (κ2) is 6.07. The second-order valence-electron chi connectivity index (χ2n) is 4.13. The monoisotopic (exact) mass is 377 g/mol. The van der Waals surface area contributed by atoms with Crippen molar-refractivity contribution < 1.29 is 18.0 Å². The Bertz CT molecular complexity index is 688. The van der Waals surface area contributed by atoms with Crippen molar-refractivity contribution in [3.05, 3.63) is 63.1 Å². The van der Waals surface area contributed by atoms with Crippen LogP contribution in [0.1, 0.15) is 15.9 Å². The minimum absolute atomic E-state index is 0.197. The highest BCUT2D eigenvalue weighted by Gasteiger charge is 2.33. The van der Waals surface area contributed by atoms with Crippen LogP contribution < -0.4 is 5.32 Å². The molecule has 2 aromatic rings. The molecule has 0 atom stereocenters. The van der Waals surface area contributed by atoms with Crippen molar-refractivity contribution in [2.24, 2.45) is 0 Å². The standard InChI is InChI=1S/C14H8BrClF3NO/c15-10-7-8(5-6-11(10)16)13(21)20-12-4-2-1-3-9(12)14(17,18)19/h1-7H,(H,20,21). The van der Waals surface area contributed by atoms with Crippen LogP contribution in [0.3, 0.4) is 0 Å². The molecule has 0 fully saturated rings. The van der Waals surface area contributed by atoms with Gasteiger partial charge in [-0.15, -0.1) is 0 Å². The summed E-state index contributed by atoms with van der Waals surface area (Å²) in [5.41, 5.74) is -0.990. The molecule has 0 bridgehead atoms. The molecule has 0 aromatic heterocycles. The summed E-state index contributed by atoms with van der Waals surface area (Å²) in [5, 5.41) is 2.66. The summed E-state index contributed by atoms with van der Waals surface area (Å²) >= 11 is 8.96. The second-order valence-corrected chi connectivity index (χ2v) is 5.39. The van der Waals surface area contributed by atoms with Crippen molar-refractivity contribution >= 4 is 39.1 Å². The molecule has 2 rings (SSSR count). The molecular formula is C14H8BrClF3NO. The number of halogens is 5. The molecule has 1 amide bonds. The molecule has 0 aliphatic rings. The molecule has 0 spiro atoms. The normalized spacial score (nSPS) is 11.3. The van der Waals surface area contributed by atoms with E-state index < -0.39 is 17.6 Å². The Hall–Kier alpha value is -1.53. The van der Waals surface area contributed by atoms with Gasteiger partial charge in [-0.1, -0.05) is 23.7 Å². The van der Waals surface area contributed by atoms with Crippen LogP contribution in [0.25, 0.3) is 0 Å². The van der Waals surface area contributed by atoms with E-state index in [1.54, 1.807) is 0 Å².